The number of pyridine rings is 1. The van der Waals surface area contributed by atoms with Gasteiger partial charge < -0.3 is 10.5 Å². The highest BCUT2D eigenvalue weighted by Crippen LogP contribution is 2.28. The standard InChI is InChI=1S/C13H10F4N2O/c14-9-7-8(4-5-11(9)20-13(15,16)17)12(18)10-3-1-2-6-19-10/h1-7,12H,18H2/t12-/m0/s1. The number of nitrogens with zero attached hydrogens (tertiary/aromatic N) is 1. The van der Waals surface area contributed by atoms with Crippen LogP contribution in [-0.4, -0.2) is 11.3 Å². The molecule has 0 aliphatic rings. The summed E-state index contributed by atoms with van der Waals surface area (Å²) >= 11 is 0. The molecule has 0 fully saturated rings. The lowest BCUT2D eigenvalue weighted by Crippen LogP contribution is -2.18. The summed E-state index contributed by atoms with van der Waals surface area (Å²) in [5.41, 5.74) is 6.65. The van der Waals surface area contributed by atoms with E-state index >= 15 is 0 Å². The molecule has 1 heterocycles. The molecular formula is C13H10F4N2O. The molecule has 0 unspecified atom stereocenters. The van der Waals surface area contributed by atoms with E-state index in [1.54, 1.807) is 18.2 Å². The quantitative estimate of drug-likeness (QED) is 0.882. The van der Waals surface area contributed by atoms with Gasteiger partial charge >= 0.3 is 6.36 Å². The molecule has 3 nitrogen and oxygen atoms in total. The molecule has 0 bridgehead atoms. The highest BCUT2D eigenvalue weighted by atomic mass is 19.4. The maximum atomic E-state index is 13.6. The van der Waals surface area contributed by atoms with E-state index in [0.29, 0.717) is 11.3 Å². The minimum absolute atomic E-state index is 0.302. The second-order valence-corrected chi connectivity index (χ2v) is 3.97. The summed E-state index contributed by atoms with van der Waals surface area (Å²) in [6.07, 6.45) is -3.42. The molecule has 1 aromatic carbocycles. The van der Waals surface area contributed by atoms with Gasteiger partial charge in [0.1, 0.15) is 0 Å². The van der Waals surface area contributed by atoms with Crippen LogP contribution in [-0.2, 0) is 0 Å². The molecule has 7 heteroatoms. The van der Waals surface area contributed by atoms with Gasteiger partial charge in [0.25, 0.3) is 0 Å². The molecule has 0 radical (unpaired) electrons. The van der Waals surface area contributed by atoms with Gasteiger partial charge in [-0.3, -0.25) is 4.98 Å². The van der Waals surface area contributed by atoms with Gasteiger partial charge in [-0.2, -0.15) is 0 Å². The zero-order valence-electron chi connectivity index (χ0n) is 10.1. The summed E-state index contributed by atoms with van der Waals surface area (Å²) in [5.74, 6) is -2.03. The first-order valence-corrected chi connectivity index (χ1v) is 5.58. The number of rotatable bonds is 3. The van der Waals surface area contributed by atoms with E-state index in [0.717, 1.165) is 12.1 Å². The fraction of sp³-hybridized carbons (Fsp3) is 0.154. The van der Waals surface area contributed by atoms with Crippen LogP contribution in [0.15, 0.2) is 42.6 Å². The normalized spacial score (nSPS) is 13.1. The average molecular weight is 286 g/mol. The summed E-state index contributed by atoms with van der Waals surface area (Å²) in [5, 5.41) is 0. The summed E-state index contributed by atoms with van der Waals surface area (Å²) in [6.45, 7) is 0. The number of ether oxygens (including phenoxy) is 1. The fourth-order valence-electron chi connectivity index (χ4n) is 1.65. The lowest BCUT2D eigenvalue weighted by molar-refractivity contribution is -0.275. The van der Waals surface area contributed by atoms with E-state index in [1.165, 1.54) is 12.3 Å². The molecule has 2 N–H and O–H groups in total. The lowest BCUT2D eigenvalue weighted by atomic mass is 10.0. The molecule has 2 aromatic rings. The van der Waals surface area contributed by atoms with E-state index in [1.807, 2.05) is 0 Å². The highest BCUT2D eigenvalue weighted by molar-refractivity contribution is 5.34. The zero-order valence-corrected chi connectivity index (χ0v) is 10.1. The van der Waals surface area contributed by atoms with Crippen LogP contribution >= 0.6 is 0 Å². The number of nitrogens with two attached hydrogens (primary N) is 1. The Morgan fingerprint density at radius 1 is 1.15 bits per heavy atom. The van der Waals surface area contributed by atoms with Crippen molar-refractivity contribution < 1.29 is 22.3 Å². The largest absolute Gasteiger partial charge is 0.573 e. The third kappa shape index (κ3) is 3.45. The Labute approximate surface area is 112 Å². The van der Waals surface area contributed by atoms with Crippen molar-refractivity contribution in [1.29, 1.82) is 0 Å². The molecule has 20 heavy (non-hydrogen) atoms. The smallest absolute Gasteiger partial charge is 0.403 e. The van der Waals surface area contributed by atoms with Crippen molar-refractivity contribution in [3.8, 4) is 5.75 Å². The molecule has 0 amide bonds. The molecule has 106 valence electrons. The van der Waals surface area contributed by atoms with Gasteiger partial charge in [0.15, 0.2) is 11.6 Å². The monoisotopic (exact) mass is 286 g/mol. The predicted molar refractivity (Wildman–Crippen MR) is 63.4 cm³/mol. The maximum absolute atomic E-state index is 13.6. The van der Waals surface area contributed by atoms with Crippen LogP contribution in [0.5, 0.6) is 5.75 Å². The topological polar surface area (TPSA) is 48.1 Å². The van der Waals surface area contributed by atoms with E-state index in [2.05, 4.69) is 9.72 Å². The Bertz CT molecular complexity index is 587. The molecule has 0 saturated carbocycles. The highest BCUT2D eigenvalue weighted by Gasteiger charge is 2.32. The van der Waals surface area contributed by atoms with E-state index in [9.17, 15) is 17.6 Å². The van der Waals surface area contributed by atoms with Gasteiger partial charge in [-0.05, 0) is 29.8 Å². The summed E-state index contributed by atoms with van der Waals surface area (Å²) in [4.78, 5) is 4.01. The zero-order chi connectivity index (χ0) is 14.8. The van der Waals surface area contributed by atoms with Crippen LogP contribution in [0.25, 0.3) is 0 Å². The number of benzene rings is 1. The fourth-order valence-corrected chi connectivity index (χ4v) is 1.65. The molecule has 0 aliphatic carbocycles. The van der Waals surface area contributed by atoms with Gasteiger partial charge in [-0.25, -0.2) is 4.39 Å². The van der Waals surface area contributed by atoms with Crippen molar-refractivity contribution in [3.63, 3.8) is 0 Å². The predicted octanol–water partition coefficient (Wildman–Crippen LogP) is 3.17. The molecule has 0 spiro atoms. The first kappa shape index (κ1) is 14.3. The first-order valence-electron chi connectivity index (χ1n) is 5.58. The number of hydrogen-bond donors (Lipinski definition) is 1. The number of hydrogen-bond acceptors (Lipinski definition) is 3. The van der Waals surface area contributed by atoms with Crippen molar-refractivity contribution in [3.05, 3.63) is 59.7 Å². The van der Waals surface area contributed by atoms with Crippen LogP contribution in [0.4, 0.5) is 17.6 Å². The summed E-state index contributed by atoms with van der Waals surface area (Å²) in [7, 11) is 0. The molecule has 0 aliphatic heterocycles. The summed E-state index contributed by atoms with van der Waals surface area (Å²) < 4.78 is 53.2. The van der Waals surface area contributed by atoms with Gasteiger partial charge in [0, 0.05) is 6.20 Å². The third-order valence-electron chi connectivity index (χ3n) is 2.55. The Hall–Kier alpha value is -2.15. The lowest BCUT2D eigenvalue weighted by Gasteiger charge is -2.14. The molecular weight excluding hydrogens is 276 g/mol. The van der Waals surface area contributed by atoms with Crippen molar-refractivity contribution in [2.45, 2.75) is 12.4 Å². The van der Waals surface area contributed by atoms with Gasteiger partial charge in [0.05, 0.1) is 11.7 Å². The second kappa shape index (κ2) is 5.46. The minimum Gasteiger partial charge on any atom is -0.403 e. The van der Waals surface area contributed by atoms with Crippen molar-refractivity contribution >= 4 is 0 Å². The van der Waals surface area contributed by atoms with Crippen LogP contribution in [0.2, 0.25) is 0 Å². The van der Waals surface area contributed by atoms with Crippen molar-refractivity contribution in [1.82, 2.24) is 4.98 Å². The average Bonchev–Trinajstić information content (AvgIpc) is 2.40. The van der Waals surface area contributed by atoms with E-state index < -0.39 is 24.0 Å². The van der Waals surface area contributed by atoms with E-state index in [-0.39, 0.29) is 0 Å². The molecule has 1 atom stereocenters. The Balaban J connectivity index is 2.25. The molecule has 0 saturated heterocycles. The van der Waals surface area contributed by atoms with Crippen LogP contribution in [0.3, 0.4) is 0 Å². The Kier molecular flexibility index (Phi) is 3.89. The first-order chi connectivity index (χ1) is 9.37. The van der Waals surface area contributed by atoms with Crippen molar-refractivity contribution in [2.75, 3.05) is 0 Å². The van der Waals surface area contributed by atoms with Crippen LogP contribution in [0.1, 0.15) is 17.3 Å². The third-order valence-corrected chi connectivity index (χ3v) is 2.55. The van der Waals surface area contributed by atoms with Gasteiger partial charge in [-0.15, -0.1) is 13.2 Å². The Morgan fingerprint density at radius 3 is 2.45 bits per heavy atom. The SMILES string of the molecule is N[C@@H](c1ccc(OC(F)(F)F)c(F)c1)c1ccccn1. The number of alkyl halides is 3. The van der Waals surface area contributed by atoms with Gasteiger partial charge in [-0.1, -0.05) is 12.1 Å². The van der Waals surface area contributed by atoms with Crippen molar-refractivity contribution in [2.24, 2.45) is 5.73 Å². The van der Waals surface area contributed by atoms with Crippen LogP contribution in [0, 0.1) is 5.82 Å². The molecule has 2 rings (SSSR count). The summed E-state index contributed by atoms with van der Waals surface area (Å²) in [6, 6.07) is 7.37. The Morgan fingerprint density at radius 2 is 1.90 bits per heavy atom. The van der Waals surface area contributed by atoms with Gasteiger partial charge in [0.2, 0.25) is 0 Å². The molecule has 1 aromatic heterocycles. The number of aromatic nitrogens is 1. The minimum atomic E-state index is -4.94. The van der Waals surface area contributed by atoms with Crippen LogP contribution < -0.4 is 10.5 Å². The maximum Gasteiger partial charge on any atom is 0.573 e. The van der Waals surface area contributed by atoms with E-state index in [4.69, 9.17) is 5.73 Å². The number of halogens is 4. The second-order valence-electron chi connectivity index (χ2n) is 3.97.